The topological polar surface area (TPSA) is 113 Å². The van der Waals surface area contributed by atoms with Crippen LogP contribution in [0.15, 0.2) is 62.8 Å². The average Bonchev–Trinajstić information content (AvgIpc) is 2.67. The van der Waals surface area contributed by atoms with Crippen molar-refractivity contribution in [1.82, 2.24) is 14.3 Å². The molecule has 152 valence electrons. The van der Waals surface area contributed by atoms with E-state index in [0.29, 0.717) is 5.56 Å². The minimum Gasteiger partial charge on any atom is -0.351 e. The molecule has 0 atom stereocenters. The highest BCUT2D eigenvalue weighted by Crippen LogP contribution is 2.17. The third kappa shape index (κ3) is 5.61. The number of amides is 1. The van der Waals surface area contributed by atoms with Gasteiger partial charge >= 0.3 is 0 Å². The van der Waals surface area contributed by atoms with Gasteiger partial charge in [0.05, 0.1) is 16.3 Å². The first-order chi connectivity index (χ1) is 13.1. The Hall–Kier alpha value is -1.79. The normalized spacial score (nSPS) is 12.1. The smallest absolute Gasteiger partial charge is 0.243 e. The fraction of sp³-hybridized carbons (Fsp3) is 0.235. The number of likely N-dealkylation sites (N-methyl/N-ethyl adjacent to an activating group) is 1. The molecule has 0 heterocycles. The summed E-state index contributed by atoms with van der Waals surface area (Å²) in [5, 5.41) is 2.62. The second kappa shape index (κ2) is 9.14. The molecular formula is C17H20BrN3O5S2. The van der Waals surface area contributed by atoms with Crippen LogP contribution in [0.1, 0.15) is 5.56 Å². The van der Waals surface area contributed by atoms with Crippen molar-refractivity contribution < 1.29 is 21.6 Å². The molecule has 0 fully saturated rings. The van der Waals surface area contributed by atoms with Crippen LogP contribution in [-0.4, -0.2) is 47.7 Å². The lowest BCUT2D eigenvalue weighted by atomic mass is 10.2. The number of carbonyl (C=O) groups excluding carboxylic acids is 1. The van der Waals surface area contributed by atoms with E-state index in [1.54, 1.807) is 24.3 Å². The second-order valence-corrected chi connectivity index (χ2v) is 10.7. The summed E-state index contributed by atoms with van der Waals surface area (Å²) < 4.78 is 52.3. The lowest BCUT2D eigenvalue weighted by molar-refractivity contribution is -0.121. The zero-order valence-corrected chi connectivity index (χ0v) is 18.4. The van der Waals surface area contributed by atoms with E-state index >= 15 is 0 Å². The molecule has 0 unspecified atom stereocenters. The molecule has 8 nitrogen and oxygen atoms in total. The van der Waals surface area contributed by atoms with Crippen molar-refractivity contribution in [2.75, 3.05) is 20.6 Å². The number of nitrogens with one attached hydrogen (secondary N) is 2. The summed E-state index contributed by atoms with van der Waals surface area (Å²) in [6, 6.07) is 12.1. The van der Waals surface area contributed by atoms with Crippen molar-refractivity contribution in [2.45, 2.75) is 16.3 Å². The number of sulfonamides is 2. The molecule has 0 aliphatic carbocycles. The first-order valence-electron chi connectivity index (χ1n) is 8.07. The van der Waals surface area contributed by atoms with Gasteiger partial charge in [-0.25, -0.2) is 21.6 Å². The van der Waals surface area contributed by atoms with Crippen LogP contribution in [-0.2, 0) is 31.4 Å². The SMILES string of the molecule is CNS(=O)(=O)c1ccc(CNC(=O)CN(C)S(=O)(=O)c2ccc(Br)cc2)cc1. The van der Waals surface area contributed by atoms with Crippen LogP contribution in [0.3, 0.4) is 0 Å². The summed E-state index contributed by atoms with van der Waals surface area (Å²) >= 11 is 3.24. The Bertz CT molecular complexity index is 1040. The van der Waals surface area contributed by atoms with Crippen LogP contribution >= 0.6 is 15.9 Å². The zero-order chi connectivity index (χ0) is 20.9. The van der Waals surface area contributed by atoms with Gasteiger partial charge in [0.2, 0.25) is 26.0 Å². The van der Waals surface area contributed by atoms with Gasteiger partial charge in [-0.1, -0.05) is 28.1 Å². The molecule has 0 aliphatic rings. The van der Waals surface area contributed by atoms with E-state index in [4.69, 9.17) is 0 Å². The van der Waals surface area contributed by atoms with E-state index in [9.17, 15) is 21.6 Å². The second-order valence-electron chi connectivity index (χ2n) is 5.84. The van der Waals surface area contributed by atoms with Crippen LogP contribution < -0.4 is 10.0 Å². The van der Waals surface area contributed by atoms with Crippen LogP contribution in [0, 0.1) is 0 Å². The predicted molar refractivity (Wildman–Crippen MR) is 108 cm³/mol. The van der Waals surface area contributed by atoms with Crippen molar-refractivity contribution in [3.8, 4) is 0 Å². The van der Waals surface area contributed by atoms with Crippen molar-refractivity contribution in [1.29, 1.82) is 0 Å². The van der Waals surface area contributed by atoms with E-state index < -0.39 is 26.0 Å². The molecule has 2 aromatic carbocycles. The Morgan fingerprint density at radius 2 is 1.50 bits per heavy atom. The Kier molecular flexibility index (Phi) is 7.34. The highest BCUT2D eigenvalue weighted by Gasteiger charge is 2.22. The summed E-state index contributed by atoms with van der Waals surface area (Å²) in [5.41, 5.74) is 0.682. The molecule has 11 heteroatoms. The van der Waals surface area contributed by atoms with Crippen molar-refractivity contribution in [3.63, 3.8) is 0 Å². The number of rotatable bonds is 8. The third-order valence-electron chi connectivity index (χ3n) is 3.88. The first kappa shape index (κ1) is 22.5. The number of hydrogen-bond acceptors (Lipinski definition) is 5. The van der Waals surface area contributed by atoms with E-state index in [1.165, 1.54) is 38.4 Å². The summed E-state index contributed by atoms with van der Waals surface area (Å²) in [7, 11) is -4.65. The van der Waals surface area contributed by atoms with Crippen molar-refractivity contribution in [2.24, 2.45) is 0 Å². The molecule has 28 heavy (non-hydrogen) atoms. The summed E-state index contributed by atoms with van der Waals surface area (Å²) in [6.45, 7) is -0.199. The lowest BCUT2D eigenvalue weighted by Gasteiger charge is -2.17. The maximum absolute atomic E-state index is 12.5. The minimum absolute atomic E-state index is 0.0901. The Morgan fingerprint density at radius 1 is 0.964 bits per heavy atom. The molecule has 0 aliphatic heterocycles. The molecule has 2 N–H and O–H groups in total. The van der Waals surface area contributed by atoms with Gasteiger partial charge in [-0.2, -0.15) is 4.31 Å². The van der Waals surface area contributed by atoms with Crippen LogP contribution in [0.4, 0.5) is 0 Å². The fourth-order valence-electron chi connectivity index (χ4n) is 2.23. The van der Waals surface area contributed by atoms with Gasteiger partial charge in [0.1, 0.15) is 0 Å². The molecule has 1 amide bonds. The van der Waals surface area contributed by atoms with E-state index in [-0.39, 0.29) is 22.9 Å². The fourth-order valence-corrected chi connectivity index (χ4v) is 4.36. The summed E-state index contributed by atoms with van der Waals surface area (Å²) in [5.74, 6) is -0.477. The van der Waals surface area contributed by atoms with Gasteiger partial charge in [-0.15, -0.1) is 0 Å². The Balaban J connectivity index is 1.95. The number of nitrogens with zero attached hydrogens (tertiary/aromatic N) is 1. The highest BCUT2D eigenvalue weighted by atomic mass is 79.9. The standard InChI is InChI=1S/C17H20BrN3O5S2/c1-19-27(23,24)15-7-3-13(4-8-15)11-20-17(22)12-21(2)28(25,26)16-9-5-14(18)6-10-16/h3-10,19H,11-12H2,1-2H3,(H,20,22). The molecular weight excluding hydrogens is 470 g/mol. The highest BCUT2D eigenvalue weighted by molar-refractivity contribution is 9.10. The maximum atomic E-state index is 12.5. The molecule has 2 aromatic rings. The van der Waals surface area contributed by atoms with Gasteiger partial charge in [0.15, 0.2) is 0 Å². The molecule has 0 spiro atoms. The van der Waals surface area contributed by atoms with Crippen LogP contribution in [0.2, 0.25) is 0 Å². The van der Waals surface area contributed by atoms with Gasteiger partial charge < -0.3 is 5.32 Å². The molecule has 0 saturated heterocycles. The monoisotopic (exact) mass is 489 g/mol. The number of carbonyl (C=O) groups is 1. The molecule has 0 bridgehead atoms. The van der Waals surface area contributed by atoms with E-state index in [1.807, 2.05) is 0 Å². The van der Waals surface area contributed by atoms with Crippen LogP contribution in [0.5, 0.6) is 0 Å². The minimum atomic E-state index is -3.78. The van der Waals surface area contributed by atoms with E-state index in [0.717, 1.165) is 8.78 Å². The number of halogens is 1. The quantitative estimate of drug-likeness (QED) is 0.579. The number of hydrogen-bond donors (Lipinski definition) is 2. The molecule has 0 saturated carbocycles. The van der Waals surface area contributed by atoms with Gasteiger partial charge in [0.25, 0.3) is 0 Å². The Labute approximate surface area is 173 Å². The third-order valence-corrected chi connectivity index (χ3v) is 7.66. The zero-order valence-electron chi connectivity index (χ0n) is 15.2. The van der Waals surface area contributed by atoms with Gasteiger partial charge in [-0.05, 0) is 49.0 Å². The van der Waals surface area contributed by atoms with Crippen LogP contribution in [0.25, 0.3) is 0 Å². The first-order valence-corrected chi connectivity index (χ1v) is 11.8. The maximum Gasteiger partial charge on any atom is 0.243 e. The van der Waals surface area contributed by atoms with Crippen molar-refractivity contribution in [3.05, 3.63) is 58.6 Å². The molecule has 2 rings (SSSR count). The van der Waals surface area contributed by atoms with Gasteiger partial charge in [-0.3, -0.25) is 4.79 Å². The number of benzene rings is 2. The summed E-state index contributed by atoms with van der Waals surface area (Å²) in [4.78, 5) is 12.3. The average molecular weight is 490 g/mol. The van der Waals surface area contributed by atoms with Crippen molar-refractivity contribution >= 4 is 41.9 Å². The Morgan fingerprint density at radius 3 is 2.04 bits per heavy atom. The largest absolute Gasteiger partial charge is 0.351 e. The summed E-state index contributed by atoms with van der Waals surface area (Å²) in [6.07, 6.45) is 0. The predicted octanol–water partition coefficient (Wildman–Crippen LogP) is 1.29. The van der Waals surface area contributed by atoms with E-state index in [2.05, 4.69) is 26.0 Å². The van der Waals surface area contributed by atoms with Gasteiger partial charge in [0, 0.05) is 18.1 Å². The lowest BCUT2D eigenvalue weighted by Crippen LogP contribution is -2.38. The molecule has 0 radical (unpaired) electrons. The molecule has 0 aromatic heterocycles.